The molecule has 0 spiro atoms. The molecule has 1 unspecified atom stereocenters. The number of rotatable bonds is 4. The summed E-state index contributed by atoms with van der Waals surface area (Å²) in [5, 5.41) is 0. The number of nitrogens with zero attached hydrogens (tertiary/aromatic N) is 3. The van der Waals surface area contributed by atoms with E-state index in [9.17, 15) is 0 Å². The zero-order chi connectivity index (χ0) is 16.9. The van der Waals surface area contributed by atoms with Gasteiger partial charge in [-0.1, -0.05) is 37.8 Å². The molecular formula is C21H21N3. The van der Waals surface area contributed by atoms with Gasteiger partial charge in [-0.15, -0.1) is 0 Å². The zero-order valence-electron chi connectivity index (χ0n) is 14.1. The summed E-state index contributed by atoms with van der Waals surface area (Å²) in [6.45, 7) is 7.96. The van der Waals surface area contributed by atoms with Gasteiger partial charge in [-0.25, -0.2) is 0 Å². The monoisotopic (exact) mass is 315 g/mol. The molecule has 1 atom stereocenters. The number of aryl methyl sites for hydroxylation is 1. The molecule has 0 saturated heterocycles. The van der Waals surface area contributed by atoms with Crippen molar-refractivity contribution >= 4 is 17.5 Å². The number of pyridine rings is 2. The predicted octanol–water partition coefficient (Wildman–Crippen LogP) is 5.32. The molecule has 0 fully saturated rings. The van der Waals surface area contributed by atoms with E-state index >= 15 is 0 Å². The number of hydrogen-bond acceptors (Lipinski definition) is 3. The smallest absolute Gasteiger partial charge is 0.0920 e. The van der Waals surface area contributed by atoms with Gasteiger partial charge >= 0.3 is 0 Å². The Bertz CT molecular complexity index is 830. The average Bonchev–Trinajstić information content (AvgIpc) is 2.61. The Kier molecular flexibility index (Phi) is 4.80. The molecule has 0 bridgehead atoms. The molecule has 1 aliphatic rings. The largest absolute Gasteiger partial charge is 0.265 e. The number of aliphatic imine (C=N–C) groups is 1. The van der Waals surface area contributed by atoms with E-state index in [4.69, 9.17) is 4.98 Å². The van der Waals surface area contributed by atoms with Crippen LogP contribution in [0.2, 0.25) is 0 Å². The van der Waals surface area contributed by atoms with Crippen LogP contribution in [0.1, 0.15) is 24.7 Å². The molecule has 0 aliphatic heterocycles. The lowest BCUT2D eigenvalue weighted by molar-refractivity contribution is 0.754. The molecule has 120 valence electrons. The van der Waals surface area contributed by atoms with Crippen molar-refractivity contribution in [2.24, 2.45) is 10.9 Å². The Morgan fingerprint density at radius 2 is 2.08 bits per heavy atom. The van der Waals surface area contributed by atoms with Gasteiger partial charge in [-0.3, -0.25) is 15.0 Å². The van der Waals surface area contributed by atoms with Crippen LogP contribution in [-0.2, 0) is 0 Å². The minimum Gasteiger partial charge on any atom is -0.265 e. The second-order valence-corrected chi connectivity index (χ2v) is 5.93. The highest BCUT2D eigenvalue weighted by atomic mass is 14.8. The third-order valence-corrected chi connectivity index (χ3v) is 4.20. The van der Waals surface area contributed by atoms with Gasteiger partial charge in [0.1, 0.15) is 0 Å². The number of hydrogen-bond donors (Lipinski definition) is 0. The minimum atomic E-state index is 0.467. The van der Waals surface area contributed by atoms with Crippen molar-refractivity contribution in [1.82, 2.24) is 9.97 Å². The molecule has 0 aromatic carbocycles. The molecule has 2 heterocycles. The number of aromatic nitrogens is 2. The Morgan fingerprint density at radius 3 is 2.79 bits per heavy atom. The Morgan fingerprint density at radius 1 is 1.29 bits per heavy atom. The second kappa shape index (κ2) is 7.18. The summed E-state index contributed by atoms with van der Waals surface area (Å²) in [6.07, 6.45) is 14.5. The van der Waals surface area contributed by atoms with Crippen molar-refractivity contribution in [3.05, 3.63) is 72.9 Å². The Hall–Kier alpha value is -2.81. The van der Waals surface area contributed by atoms with E-state index in [0.717, 1.165) is 34.6 Å². The Balaban J connectivity index is 2.20. The molecule has 24 heavy (non-hydrogen) atoms. The second-order valence-electron chi connectivity index (χ2n) is 5.93. The molecule has 2 aromatic heterocycles. The van der Waals surface area contributed by atoms with Gasteiger partial charge in [0.15, 0.2) is 0 Å². The van der Waals surface area contributed by atoms with Gasteiger partial charge in [0.05, 0.1) is 17.1 Å². The molecule has 3 heteroatoms. The summed E-state index contributed by atoms with van der Waals surface area (Å²) in [7, 11) is 0. The van der Waals surface area contributed by atoms with Crippen molar-refractivity contribution in [2.45, 2.75) is 20.3 Å². The molecule has 3 nitrogen and oxygen atoms in total. The van der Waals surface area contributed by atoms with E-state index in [1.54, 1.807) is 24.7 Å². The van der Waals surface area contributed by atoms with Gasteiger partial charge in [0, 0.05) is 24.2 Å². The summed E-state index contributed by atoms with van der Waals surface area (Å²) >= 11 is 0. The van der Waals surface area contributed by atoms with Gasteiger partial charge in [0.25, 0.3) is 0 Å². The lowest BCUT2D eigenvalue weighted by Gasteiger charge is -2.19. The SMILES string of the molecule is C=CC=Nc1c(-c2ccncc2)cc(C2=CC=CCC2C)nc1C. The van der Waals surface area contributed by atoms with Crippen LogP contribution in [0.5, 0.6) is 0 Å². The van der Waals surface area contributed by atoms with Crippen LogP contribution >= 0.6 is 0 Å². The zero-order valence-corrected chi connectivity index (χ0v) is 14.1. The molecule has 0 amide bonds. The van der Waals surface area contributed by atoms with E-state index < -0.39 is 0 Å². The standard InChI is InChI=1S/C21H21N3/c1-4-11-23-21-16(3)24-20(18-8-6-5-7-15(18)2)14-19(21)17-9-12-22-13-10-17/h4-6,8-15H,1,7H2,2-3H3. The third kappa shape index (κ3) is 3.25. The van der Waals surface area contributed by atoms with Crippen LogP contribution in [0.25, 0.3) is 16.7 Å². The maximum atomic E-state index is 4.82. The first-order valence-electron chi connectivity index (χ1n) is 8.15. The molecule has 1 aliphatic carbocycles. The van der Waals surface area contributed by atoms with Crippen molar-refractivity contribution in [3.63, 3.8) is 0 Å². The summed E-state index contributed by atoms with van der Waals surface area (Å²) in [4.78, 5) is 13.5. The van der Waals surface area contributed by atoms with Crippen LogP contribution in [0, 0.1) is 12.8 Å². The summed E-state index contributed by atoms with van der Waals surface area (Å²) in [5.74, 6) is 0.467. The van der Waals surface area contributed by atoms with E-state index in [1.165, 1.54) is 5.57 Å². The molecule has 0 radical (unpaired) electrons. The van der Waals surface area contributed by atoms with E-state index in [1.807, 2.05) is 19.1 Å². The lowest BCUT2D eigenvalue weighted by atomic mass is 9.89. The number of allylic oxidation sites excluding steroid dienone is 5. The Labute approximate surface area is 143 Å². The fourth-order valence-electron chi connectivity index (χ4n) is 2.94. The van der Waals surface area contributed by atoms with Crippen LogP contribution in [0.3, 0.4) is 0 Å². The lowest BCUT2D eigenvalue weighted by Crippen LogP contribution is -2.04. The molecule has 2 aromatic rings. The molecular weight excluding hydrogens is 294 g/mol. The highest BCUT2D eigenvalue weighted by molar-refractivity contribution is 5.85. The van der Waals surface area contributed by atoms with Gasteiger partial charge in [-0.05, 0) is 48.6 Å². The maximum absolute atomic E-state index is 4.82. The van der Waals surface area contributed by atoms with Crippen molar-refractivity contribution in [3.8, 4) is 11.1 Å². The fourth-order valence-corrected chi connectivity index (χ4v) is 2.94. The van der Waals surface area contributed by atoms with Crippen molar-refractivity contribution < 1.29 is 0 Å². The van der Waals surface area contributed by atoms with Crippen LogP contribution in [0.4, 0.5) is 5.69 Å². The summed E-state index contributed by atoms with van der Waals surface area (Å²) in [5.41, 5.74) is 6.25. The van der Waals surface area contributed by atoms with Gasteiger partial charge in [-0.2, -0.15) is 0 Å². The van der Waals surface area contributed by atoms with Gasteiger partial charge < -0.3 is 0 Å². The highest BCUT2D eigenvalue weighted by Crippen LogP contribution is 2.37. The van der Waals surface area contributed by atoms with Crippen LogP contribution in [0.15, 0.2) is 66.5 Å². The minimum absolute atomic E-state index is 0.467. The van der Waals surface area contributed by atoms with E-state index in [2.05, 4.69) is 47.8 Å². The first kappa shape index (κ1) is 16.1. The summed E-state index contributed by atoms with van der Waals surface area (Å²) < 4.78 is 0. The third-order valence-electron chi connectivity index (χ3n) is 4.20. The topological polar surface area (TPSA) is 38.1 Å². The molecule has 0 saturated carbocycles. The molecule has 0 N–H and O–H groups in total. The van der Waals surface area contributed by atoms with Crippen LogP contribution < -0.4 is 0 Å². The molecule has 3 rings (SSSR count). The van der Waals surface area contributed by atoms with E-state index in [0.29, 0.717) is 5.92 Å². The predicted molar refractivity (Wildman–Crippen MR) is 101 cm³/mol. The quantitative estimate of drug-likeness (QED) is 0.716. The van der Waals surface area contributed by atoms with Crippen LogP contribution in [-0.4, -0.2) is 16.2 Å². The maximum Gasteiger partial charge on any atom is 0.0920 e. The normalized spacial score (nSPS) is 17.1. The van der Waals surface area contributed by atoms with Crippen molar-refractivity contribution in [2.75, 3.05) is 0 Å². The summed E-state index contributed by atoms with van der Waals surface area (Å²) in [6, 6.07) is 6.15. The average molecular weight is 315 g/mol. The van der Waals surface area contributed by atoms with Gasteiger partial charge in [0.2, 0.25) is 0 Å². The highest BCUT2D eigenvalue weighted by Gasteiger charge is 2.17. The first-order chi connectivity index (χ1) is 11.7. The van der Waals surface area contributed by atoms with E-state index in [-0.39, 0.29) is 0 Å². The van der Waals surface area contributed by atoms with Crippen molar-refractivity contribution in [1.29, 1.82) is 0 Å². The first-order valence-corrected chi connectivity index (χ1v) is 8.15. The fraction of sp³-hybridized carbons (Fsp3) is 0.190.